The third-order valence-electron chi connectivity index (χ3n) is 5.12. The van der Waals surface area contributed by atoms with Gasteiger partial charge < -0.3 is 10.1 Å². The number of carbonyl (C=O) groups excluding carboxylic acids is 1. The molecule has 0 aliphatic carbocycles. The molecule has 3 nitrogen and oxygen atoms in total. The highest BCUT2D eigenvalue weighted by Crippen LogP contribution is 2.28. The van der Waals surface area contributed by atoms with Crippen molar-refractivity contribution in [1.29, 1.82) is 0 Å². The van der Waals surface area contributed by atoms with E-state index in [1.165, 1.54) is 11.1 Å². The van der Waals surface area contributed by atoms with Crippen LogP contribution < -0.4 is 10.1 Å². The number of rotatable bonds is 7. The summed E-state index contributed by atoms with van der Waals surface area (Å²) in [5.41, 5.74) is 5.90. The van der Waals surface area contributed by atoms with Crippen LogP contribution in [-0.2, 0) is 4.79 Å². The van der Waals surface area contributed by atoms with Gasteiger partial charge in [-0.15, -0.1) is 0 Å². The van der Waals surface area contributed by atoms with Crippen molar-refractivity contribution in [2.75, 3.05) is 0 Å². The Kier molecular flexibility index (Phi) is 7.06. The van der Waals surface area contributed by atoms with Crippen molar-refractivity contribution >= 4 is 5.91 Å². The third kappa shape index (κ3) is 5.35. The molecule has 0 saturated carbocycles. The monoisotopic (exact) mass is 367 g/mol. The fourth-order valence-corrected chi connectivity index (χ4v) is 3.16. The fraction of sp³-hybridized carbons (Fsp3) is 0.458. The van der Waals surface area contributed by atoms with E-state index >= 15 is 0 Å². The van der Waals surface area contributed by atoms with E-state index in [4.69, 9.17) is 4.74 Å². The Morgan fingerprint density at radius 2 is 1.70 bits per heavy atom. The fourth-order valence-electron chi connectivity index (χ4n) is 3.16. The average molecular weight is 368 g/mol. The van der Waals surface area contributed by atoms with Crippen LogP contribution in [0.25, 0.3) is 0 Å². The van der Waals surface area contributed by atoms with E-state index in [1.54, 1.807) is 0 Å². The van der Waals surface area contributed by atoms with Crippen LogP contribution in [-0.4, -0.2) is 12.0 Å². The van der Waals surface area contributed by atoms with E-state index in [0.29, 0.717) is 5.92 Å². The van der Waals surface area contributed by atoms with Crippen LogP contribution in [0.1, 0.15) is 73.9 Å². The SMILES string of the molecule is CC[C@@H](NC(=O)[C@@H](C)Oc1cc(C)ccc1C(C)C)c1ccc(C)c(C)c1. The molecule has 0 aromatic heterocycles. The minimum atomic E-state index is -0.551. The lowest BCUT2D eigenvalue weighted by atomic mass is 9.99. The second-order valence-electron chi connectivity index (χ2n) is 7.77. The first-order chi connectivity index (χ1) is 12.7. The van der Waals surface area contributed by atoms with Crippen LogP contribution in [0.4, 0.5) is 0 Å². The van der Waals surface area contributed by atoms with Gasteiger partial charge in [0, 0.05) is 0 Å². The molecule has 2 aromatic rings. The standard InChI is InChI=1S/C24H33NO2/c1-8-22(20-11-10-17(5)18(6)14-20)25-24(26)19(7)27-23-13-16(4)9-12-21(23)15(2)3/h9-15,19,22H,8H2,1-7H3,(H,25,26)/t19-,22-/m1/s1. The molecule has 0 saturated heterocycles. The first-order valence-electron chi connectivity index (χ1n) is 9.87. The maximum absolute atomic E-state index is 12.8. The largest absolute Gasteiger partial charge is 0.481 e. The van der Waals surface area contributed by atoms with Gasteiger partial charge in [0.15, 0.2) is 6.10 Å². The van der Waals surface area contributed by atoms with E-state index in [1.807, 2.05) is 19.9 Å². The number of hydrogen-bond donors (Lipinski definition) is 1. The van der Waals surface area contributed by atoms with E-state index in [2.05, 4.69) is 70.3 Å². The van der Waals surface area contributed by atoms with Gasteiger partial charge in [0.2, 0.25) is 0 Å². The van der Waals surface area contributed by atoms with Crippen molar-refractivity contribution in [2.45, 2.75) is 73.0 Å². The smallest absolute Gasteiger partial charge is 0.261 e. The summed E-state index contributed by atoms with van der Waals surface area (Å²) in [6.45, 7) is 14.4. The predicted molar refractivity (Wildman–Crippen MR) is 112 cm³/mol. The molecule has 0 spiro atoms. The topological polar surface area (TPSA) is 38.3 Å². The summed E-state index contributed by atoms with van der Waals surface area (Å²) < 4.78 is 6.06. The molecule has 2 atom stereocenters. The number of amides is 1. The highest BCUT2D eigenvalue weighted by Gasteiger charge is 2.21. The van der Waals surface area contributed by atoms with Crippen LogP contribution in [0.15, 0.2) is 36.4 Å². The van der Waals surface area contributed by atoms with Crippen LogP contribution >= 0.6 is 0 Å². The Hall–Kier alpha value is -2.29. The van der Waals surface area contributed by atoms with Crippen molar-refractivity contribution < 1.29 is 9.53 Å². The zero-order valence-electron chi connectivity index (χ0n) is 17.7. The Labute approximate surface area is 164 Å². The van der Waals surface area contributed by atoms with Gasteiger partial charge >= 0.3 is 0 Å². The molecular weight excluding hydrogens is 334 g/mol. The molecule has 1 amide bonds. The molecule has 2 rings (SSSR count). The summed E-state index contributed by atoms with van der Waals surface area (Å²) in [5, 5.41) is 3.15. The number of benzene rings is 2. The van der Waals surface area contributed by atoms with Crippen molar-refractivity contribution in [1.82, 2.24) is 5.32 Å². The van der Waals surface area contributed by atoms with Gasteiger partial charge in [-0.25, -0.2) is 0 Å². The van der Waals surface area contributed by atoms with Crippen LogP contribution in [0.3, 0.4) is 0 Å². The molecule has 2 aromatic carbocycles. The second kappa shape index (κ2) is 9.07. The van der Waals surface area contributed by atoms with Gasteiger partial charge in [-0.05, 0) is 73.9 Å². The van der Waals surface area contributed by atoms with Gasteiger partial charge in [0.25, 0.3) is 5.91 Å². The van der Waals surface area contributed by atoms with Crippen LogP contribution in [0.5, 0.6) is 5.75 Å². The molecule has 0 aliphatic rings. The van der Waals surface area contributed by atoms with Crippen molar-refractivity contribution in [3.05, 3.63) is 64.2 Å². The lowest BCUT2D eigenvalue weighted by molar-refractivity contribution is -0.128. The van der Waals surface area contributed by atoms with E-state index in [-0.39, 0.29) is 11.9 Å². The molecule has 146 valence electrons. The summed E-state index contributed by atoms with van der Waals surface area (Å²) in [6.07, 6.45) is 0.285. The normalized spacial score (nSPS) is 13.3. The molecule has 0 heterocycles. The van der Waals surface area contributed by atoms with Gasteiger partial charge in [-0.3, -0.25) is 4.79 Å². The number of ether oxygens (including phenoxy) is 1. The molecule has 0 fully saturated rings. The number of aryl methyl sites for hydroxylation is 3. The van der Waals surface area contributed by atoms with Gasteiger partial charge in [-0.1, -0.05) is 51.1 Å². The molecule has 1 N–H and O–H groups in total. The molecule has 3 heteroatoms. The molecule has 0 aliphatic heterocycles. The van der Waals surface area contributed by atoms with Gasteiger partial charge in [0.05, 0.1) is 6.04 Å². The van der Waals surface area contributed by atoms with Gasteiger partial charge in [-0.2, -0.15) is 0 Å². The molecule has 27 heavy (non-hydrogen) atoms. The van der Waals surface area contributed by atoms with Crippen molar-refractivity contribution in [2.24, 2.45) is 0 Å². The van der Waals surface area contributed by atoms with Gasteiger partial charge in [0.1, 0.15) is 5.75 Å². The molecule has 0 radical (unpaired) electrons. The predicted octanol–water partition coefficient (Wildman–Crippen LogP) is 5.77. The lowest BCUT2D eigenvalue weighted by Gasteiger charge is -2.23. The van der Waals surface area contributed by atoms with Crippen LogP contribution in [0.2, 0.25) is 0 Å². The molecule has 0 bridgehead atoms. The molecular formula is C24H33NO2. The highest BCUT2D eigenvalue weighted by molar-refractivity contribution is 5.81. The highest BCUT2D eigenvalue weighted by atomic mass is 16.5. The van der Waals surface area contributed by atoms with Crippen molar-refractivity contribution in [3.8, 4) is 5.75 Å². The third-order valence-corrected chi connectivity index (χ3v) is 5.12. The quantitative estimate of drug-likeness (QED) is 0.674. The first kappa shape index (κ1) is 21.0. The summed E-state index contributed by atoms with van der Waals surface area (Å²) >= 11 is 0. The summed E-state index contributed by atoms with van der Waals surface area (Å²) in [6, 6.07) is 12.5. The Morgan fingerprint density at radius 3 is 2.30 bits per heavy atom. The van der Waals surface area contributed by atoms with E-state index in [9.17, 15) is 4.79 Å². The Morgan fingerprint density at radius 1 is 1.00 bits per heavy atom. The van der Waals surface area contributed by atoms with E-state index < -0.39 is 6.10 Å². The number of hydrogen-bond acceptors (Lipinski definition) is 2. The maximum Gasteiger partial charge on any atom is 0.261 e. The summed E-state index contributed by atoms with van der Waals surface area (Å²) in [7, 11) is 0. The zero-order valence-corrected chi connectivity index (χ0v) is 17.7. The zero-order chi connectivity index (χ0) is 20.1. The van der Waals surface area contributed by atoms with Crippen LogP contribution in [0, 0.1) is 20.8 Å². The number of nitrogens with one attached hydrogen (secondary N) is 1. The minimum absolute atomic E-state index is 0.00933. The number of carbonyl (C=O) groups is 1. The summed E-state index contributed by atoms with van der Waals surface area (Å²) in [4.78, 5) is 12.8. The summed E-state index contributed by atoms with van der Waals surface area (Å²) in [5.74, 6) is 1.05. The minimum Gasteiger partial charge on any atom is -0.481 e. The Balaban J connectivity index is 2.12. The van der Waals surface area contributed by atoms with Crippen molar-refractivity contribution in [3.63, 3.8) is 0 Å². The lowest BCUT2D eigenvalue weighted by Crippen LogP contribution is -2.38. The maximum atomic E-state index is 12.8. The average Bonchev–Trinajstić information content (AvgIpc) is 2.61. The second-order valence-corrected chi connectivity index (χ2v) is 7.77. The van der Waals surface area contributed by atoms with E-state index in [0.717, 1.165) is 28.9 Å². The first-order valence-corrected chi connectivity index (χ1v) is 9.87. The molecule has 0 unspecified atom stereocenters. The Bertz CT molecular complexity index is 795.